The second kappa shape index (κ2) is 13.2. The Labute approximate surface area is 270 Å². The molecule has 3 aromatic rings. The van der Waals surface area contributed by atoms with Crippen LogP contribution in [0.5, 0.6) is 0 Å². The lowest BCUT2D eigenvalue weighted by Gasteiger charge is -2.30. The second-order valence-corrected chi connectivity index (χ2v) is 13.6. The molecule has 246 valence electrons. The van der Waals surface area contributed by atoms with Gasteiger partial charge in [-0.1, -0.05) is 18.2 Å². The van der Waals surface area contributed by atoms with Crippen molar-refractivity contribution < 1.29 is 28.5 Å². The highest BCUT2D eigenvalue weighted by atomic mass is 16.6. The maximum absolute atomic E-state index is 12.2. The summed E-state index contributed by atoms with van der Waals surface area (Å²) < 4.78 is 26.6. The van der Waals surface area contributed by atoms with Crippen LogP contribution in [0.1, 0.15) is 76.4 Å². The first-order valence-corrected chi connectivity index (χ1v) is 15.6. The summed E-state index contributed by atoms with van der Waals surface area (Å²) in [4.78, 5) is 27.5. The number of fused-ring (bicyclic) bond motifs is 6. The normalized spacial score (nSPS) is 18.3. The van der Waals surface area contributed by atoms with Gasteiger partial charge in [0.25, 0.3) is 0 Å². The van der Waals surface area contributed by atoms with Crippen LogP contribution in [-0.2, 0) is 32.0 Å². The Morgan fingerprint density at radius 1 is 0.870 bits per heavy atom. The van der Waals surface area contributed by atoms with Gasteiger partial charge in [0.05, 0.1) is 56.7 Å². The summed E-state index contributed by atoms with van der Waals surface area (Å²) in [7, 11) is 3.46. The van der Waals surface area contributed by atoms with Crippen molar-refractivity contribution in [3.8, 4) is 0 Å². The molecule has 12 heteroatoms. The first-order valence-electron chi connectivity index (χ1n) is 15.6. The van der Waals surface area contributed by atoms with Crippen molar-refractivity contribution in [2.45, 2.75) is 78.0 Å². The molecule has 12 nitrogen and oxygen atoms in total. The number of likely N-dealkylation sites (N-methyl/N-ethyl adjacent to an activating group) is 2. The largest absolute Gasteiger partial charge is 0.444 e. The van der Waals surface area contributed by atoms with Crippen LogP contribution in [0.4, 0.5) is 9.59 Å². The number of hydrogen-bond acceptors (Lipinski definition) is 8. The van der Waals surface area contributed by atoms with E-state index in [0.29, 0.717) is 26.3 Å². The zero-order valence-corrected chi connectivity index (χ0v) is 28.1. The molecule has 3 aliphatic rings. The van der Waals surface area contributed by atoms with Crippen molar-refractivity contribution in [3.05, 3.63) is 59.1 Å². The van der Waals surface area contributed by atoms with Crippen molar-refractivity contribution in [1.29, 1.82) is 0 Å². The molecule has 2 atom stereocenters. The van der Waals surface area contributed by atoms with Crippen LogP contribution in [-0.4, -0.2) is 93.1 Å². The molecule has 6 rings (SSSR count). The van der Waals surface area contributed by atoms with E-state index in [2.05, 4.69) is 16.3 Å². The van der Waals surface area contributed by atoms with Crippen LogP contribution in [0.3, 0.4) is 0 Å². The summed E-state index contributed by atoms with van der Waals surface area (Å²) in [6.07, 6.45) is 7.66. The molecule has 0 radical (unpaired) electrons. The SMILES string of the molecule is CN(C[C@@H]1OCCn2nc3ccccc3c21)C(=O)OC(C)(C)C.CN(C[C@H]1OCCn2nc3c(c21)C=C[C+]=C3)C(=O)OC(C)(C)C. The summed E-state index contributed by atoms with van der Waals surface area (Å²) in [5.41, 5.74) is 3.93. The molecule has 2 aromatic heterocycles. The van der Waals surface area contributed by atoms with Gasteiger partial charge >= 0.3 is 12.2 Å². The third-order valence-electron chi connectivity index (χ3n) is 7.46. The van der Waals surface area contributed by atoms with Crippen LogP contribution in [0.2, 0.25) is 0 Å². The number of ether oxygens (including phenoxy) is 4. The van der Waals surface area contributed by atoms with E-state index < -0.39 is 11.2 Å². The molecule has 2 aliphatic heterocycles. The van der Waals surface area contributed by atoms with Gasteiger partial charge in [-0.3, -0.25) is 4.68 Å². The molecule has 2 amide bonds. The summed E-state index contributed by atoms with van der Waals surface area (Å²) >= 11 is 0. The van der Waals surface area contributed by atoms with Crippen LogP contribution in [0, 0.1) is 6.08 Å². The molecule has 0 fully saturated rings. The molecule has 0 N–H and O–H groups in total. The van der Waals surface area contributed by atoms with Gasteiger partial charge in [0.15, 0.2) is 0 Å². The smallest absolute Gasteiger partial charge is 0.410 e. The zero-order chi connectivity index (χ0) is 33.2. The minimum absolute atomic E-state index is 0.200. The predicted octanol–water partition coefficient (Wildman–Crippen LogP) is 5.64. The molecule has 0 unspecified atom stereocenters. The fourth-order valence-corrected chi connectivity index (χ4v) is 5.49. The van der Waals surface area contributed by atoms with Gasteiger partial charge in [-0.05, 0) is 47.6 Å². The van der Waals surface area contributed by atoms with Gasteiger partial charge in [-0.25, -0.2) is 14.3 Å². The van der Waals surface area contributed by atoms with Gasteiger partial charge in [-0.15, -0.1) is 5.10 Å². The molecule has 0 bridgehead atoms. The van der Waals surface area contributed by atoms with E-state index in [0.717, 1.165) is 46.6 Å². The maximum atomic E-state index is 12.2. The molecular weight excluding hydrogens is 588 g/mol. The number of benzene rings is 1. The van der Waals surface area contributed by atoms with Crippen molar-refractivity contribution in [1.82, 2.24) is 29.4 Å². The van der Waals surface area contributed by atoms with Gasteiger partial charge in [0.1, 0.15) is 46.8 Å². The van der Waals surface area contributed by atoms with Gasteiger partial charge in [0, 0.05) is 25.6 Å². The monoisotopic (exact) mass is 633 g/mol. The zero-order valence-electron chi connectivity index (χ0n) is 28.1. The minimum Gasteiger partial charge on any atom is -0.444 e. The van der Waals surface area contributed by atoms with E-state index in [-0.39, 0.29) is 24.4 Å². The molecule has 46 heavy (non-hydrogen) atoms. The first kappa shape index (κ1) is 33.1. The topological polar surface area (TPSA) is 113 Å². The Balaban J connectivity index is 0.000000181. The second-order valence-electron chi connectivity index (χ2n) is 13.6. The lowest BCUT2D eigenvalue weighted by atomic mass is 10.0. The van der Waals surface area contributed by atoms with Gasteiger partial charge < -0.3 is 28.7 Å². The van der Waals surface area contributed by atoms with Crippen molar-refractivity contribution in [2.24, 2.45) is 0 Å². The average molecular weight is 634 g/mol. The fraction of sp³-hybridized carbons (Fsp3) is 0.529. The number of amides is 2. The van der Waals surface area contributed by atoms with E-state index in [1.165, 1.54) is 0 Å². The highest BCUT2D eigenvalue weighted by Crippen LogP contribution is 2.32. The number of rotatable bonds is 4. The lowest BCUT2D eigenvalue weighted by molar-refractivity contribution is -0.0144. The molecule has 0 saturated heterocycles. The van der Waals surface area contributed by atoms with Gasteiger partial charge in [-0.2, -0.15) is 5.10 Å². The van der Waals surface area contributed by atoms with Crippen LogP contribution in [0.25, 0.3) is 23.1 Å². The predicted molar refractivity (Wildman–Crippen MR) is 174 cm³/mol. The van der Waals surface area contributed by atoms with Crippen molar-refractivity contribution in [2.75, 3.05) is 40.4 Å². The number of hydrogen-bond donors (Lipinski definition) is 0. The standard InChI is InChI=1S/C17H23N3O3.C17H22N3O3/c2*1-17(2,3)23-16(21)19(4)11-14-15-12-7-5-6-8-13(12)18-20(15)9-10-22-14/h5-8,14H,9-11H2,1-4H3;5,7-8,14H,9-11H2,1-4H3/q;+1/t2*14-/m01/s1. The number of nitrogens with zero attached hydrogens (tertiary/aromatic N) is 6. The number of carbonyl (C=O) groups is 2. The molecule has 0 saturated carbocycles. The quantitative estimate of drug-likeness (QED) is 0.340. The van der Waals surface area contributed by atoms with E-state index >= 15 is 0 Å². The fourth-order valence-electron chi connectivity index (χ4n) is 5.49. The third kappa shape index (κ3) is 7.75. The van der Waals surface area contributed by atoms with Gasteiger partial charge in [0.2, 0.25) is 5.69 Å². The first-order chi connectivity index (χ1) is 21.7. The lowest BCUT2D eigenvalue weighted by Crippen LogP contribution is -2.38. The minimum atomic E-state index is -0.511. The number of aromatic nitrogens is 4. The van der Waals surface area contributed by atoms with E-state index in [1.807, 2.05) is 93.4 Å². The molecule has 4 heterocycles. The Hall–Kier alpha value is -4.25. The van der Waals surface area contributed by atoms with E-state index in [9.17, 15) is 9.59 Å². The van der Waals surface area contributed by atoms with E-state index in [4.69, 9.17) is 18.9 Å². The average Bonchev–Trinajstić information content (AvgIpc) is 3.55. The van der Waals surface area contributed by atoms with Crippen LogP contribution < -0.4 is 0 Å². The van der Waals surface area contributed by atoms with Crippen LogP contribution >= 0.6 is 0 Å². The molecular formula is C34H45N6O6+. The van der Waals surface area contributed by atoms with Crippen molar-refractivity contribution >= 4 is 35.2 Å². The van der Waals surface area contributed by atoms with E-state index in [1.54, 1.807) is 23.9 Å². The van der Waals surface area contributed by atoms with Crippen LogP contribution in [0.15, 0.2) is 30.3 Å². The Morgan fingerprint density at radius 3 is 2.00 bits per heavy atom. The summed E-state index contributed by atoms with van der Waals surface area (Å²) in [6.45, 7) is 14.6. The molecule has 0 spiro atoms. The summed E-state index contributed by atoms with van der Waals surface area (Å²) in [6, 6.07) is 8.01. The third-order valence-corrected chi connectivity index (χ3v) is 7.46. The highest BCUT2D eigenvalue weighted by molar-refractivity contribution is 5.82. The Kier molecular flexibility index (Phi) is 9.53. The highest BCUT2D eigenvalue weighted by Gasteiger charge is 2.34. The summed E-state index contributed by atoms with van der Waals surface area (Å²) in [5.74, 6) is 0. The number of carbonyl (C=O) groups excluding carboxylic acids is 2. The molecule has 1 aliphatic carbocycles. The maximum Gasteiger partial charge on any atom is 0.410 e. The summed E-state index contributed by atoms with van der Waals surface area (Å²) in [5, 5.41) is 10.3. The van der Waals surface area contributed by atoms with Crippen molar-refractivity contribution in [3.63, 3.8) is 0 Å². The Morgan fingerprint density at radius 2 is 1.41 bits per heavy atom. The molecule has 1 aromatic carbocycles. The Bertz CT molecular complexity index is 1620. The number of allylic oxidation sites excluding steroid dienone is 2.